The first-order valence-electron chi connectivity index (χ1n) is 22.0. The third-order valence-corrected chi connectivity index (χ3v) is 13.8. The molecule has 2 aliphatic rings. The standard InChI is InChI=1S/C60H46N2/c1-39-15-4-10-25-54(39)61(45-34-31-40(32-35-45)42-33-36-48-44(37-42)30-29-41-16-5-6-19-47(41)48)46-18-12-17-43(38-46)49-22-13-27-56-58(49)52-21-8-11-26-55(52)62(56)57-28-14-23-51-50-20-7-9-24-53(50)60(2,3)59(51)57/h4-39,54H,1-3H3. The number of hydrogen-bond acceptors (Lipinski definition) is 1. The number of aromatic nitrogens is 1. The minimum Gasteiger partial charge on any atom is -0.334 e. The molecular formula is C60H46N2. The van der Waals surface area contributed by atoms with Gasteiger partial charge in [-0.2, -0.15) is 0 Å². The first-order chi connectivity index (χ1) is 30.4. The Labute approximate surface area is 363 Å². The molecule has 0 radical (unpaired) electrons. The highest BCUT2D eigenvalue weighted by molar-refractivity contribution is 6.16. The van der Waals surface area contributed by atoms with Crippen molar-refractivity contribution in [2.75, 3.05) is 4.90 Å². The smallest absolute Gasteiger partial charge is 0.0585 e. The van der Waals surface area contributed by atoms with E-state index in [-0.39, 0.29) is 11.5 Å². The van der Waals surface area contributed by atoms with Gasteiger partial charge in [-0.25, -0.2) is 0 Å². The molecule has 1 heterocycles. The van der Waals surface area contributed by atoms with Crippen molar-refractivity contribution in [2.24, 2.45) is 5.92 Å². The predicted octanol–water partition coefficient (Wildman–Crippen LogP) is 16.0. The third kappa shape index (κ3) is 5.56. The molecule has 2 aliphatic carbocycles. The Morgan fingerprint density at radius 2 is 1.15 bits per heavy atom. The van der Waals surface area contributed by atoms with Crippen molar-refractivity contribution in [3.05, 3.63) is 223 Å². The van der Waals surface area contributed by atoms with E-state index in [1.54, 1.807) is 0 Å². The summed E-state index contributed by atoms with van der Waals surface area (Å²) in [6.45, 7) is 7.09. The van der Waals surface area contributed by atoms with Gasteiger partial charge in [0.15, 0.2) is 0 Å². The van der Waals surface area contributed by atoms with Crippen LogP contribution in [0.4, 0.5) is 11.4 Å². The fourth-order valence-corrected chi connectivity index (χ4v) is 10.9. The number of anilines is 2. The van der Waals surface area contributed by atoms with E-state index < -0.39 is 0 Å². The molecule has 0 N–H and O–H groups in total. The van der Waals surface area contributed by atoms with Crippen LogP contribution >= 0.6 is 0 Å². The SMILES string of the molecule is CC1C=CC=CC1N(c1ccc(-c2ccc3c(ccc4ccccc43)c2)cc1)c1cccc(-c2cccc3c2c2ccccc2n3-c2cccc3c2C(C)(C)c2ccccc2-3)c1. The zero-order chi connectivity index (χ0) is 41.5. The van der Waals surface area contributed by atoms with Gasteiger partial charge in [0.05, 0.1) is 22.8 Å². The lowest BCUT2D eigenvalue weighted by atomic mass is 9.81. The van der Waals surface area contributed by atoms with Crippen LogP contribution in [0, 0.1) is 5.92 Å². The molecule has 0 saturated heterocycles. The summed E-state index contributed by atoms with van der Waals surface area (Å²) >= 11 is 0. The van der Waals surface area contributed by atoms with Crippen molar-refractivity contribution in [2.45, 2.75) is 32.2 Å². The minimum atomic E-state index is -0.140. The fourth-order valence-electron chi connectivity index (χ4n) is 10.9. The van der Waals surface area contributed by atoms with Gasteiger partial charge in [0, 0.05) is 27.6 Å². The molecule has 0 bridgehead atoms. The molecule has 0 saturated carbocycles. The Kier molecular flexibility index (Phi) is 8.27. The van der Waals surface area contributed by atoms with Crippen molar-refractivity contribution in [3.8, 4) is 39.1 Å². The van der Waals surface area contributed by atoms with E-state index in [9.17, 15) is 0 Å². The molecule has 10 aromatic rings. The molecular weight excluding hydrogens is 749 g/mol. The van der Waals surface area contributed by atoms with Gasteiger partial charge in [-0.05, 0) is 121 Å². The monoisotopic (exact) mass is 794 g/mol. The average molecular weight is 795 g/mol. The number of fused-ring (bicyclic) bond motifs is 9. The average Bonchev–Trinajstić information content (AvgIpc) is 3.78. The van der Waals surface area contributed by atoms with Crippen LogP contribution in [0.1, 0.15) is 31.9 Å². The van der Waals surface area contributed by atoms with E-state index in [0.29, 0.717) is 5.92 Å². The van der Waals surface area contributed by atoms with Gasteiger partial charge in [-0.15, -0.1) is 0 Å². The largest absolute Gasteiger partial charge is 0.334 e. The van der Waals surface area contributed by atoms with Gasteiger partial charge < -0.3 is 9.47 Å². The summed E-state index contributed by atoms with van der Waals surface area (Å²) in [5.74, 6) is 0.322. The zero-order valence-electron chi connectivity index (χ0n) is 35.3. The lowest BCUT2D eigenvalue weighted by Crippen LogP contribution is -2.35. The van der Waals surface area contributed by atoms with E-state index in [1.165, 1.54) is 105 Å². The van der Waals surface area contributed by atoms with Crippen LogP contribution < -0.4 is 4.90 Å². The van der Waals surface area contributed by atoms with Crippen LogP contribution in [0.25, 0.3) is 82.4 Å². The maximum absolute atomic E-state index is 2.53. The molecule has 0 spiro atoms. The molecule has 2 unspecified atom stereocenters. The molecule has 12 rings (SSSR count). The second kappa shape index (κ2) is 14.1. The Bertz CT molecular complexity index is 3470. The number of allylic oxidation sites excluding steroid dienone is 2. The van der Waals surface area contributed by atoms with Crippen molar-refractivity contribution in [3.63, 3.8) is 0 Å². The molecule has 62 heavy (non-hydrogen) atoms. The molecule has 296 valence electrons. The normalized spacial score (nSPS) is 16.3. The first-order valence-corrected chi connectivity index (χ1v) is 22.0. The van der Waals surface area contributed by atoms with Crippen LogP contribution in [0.5, 0.6) is 0 Å². The van der Waals surface area contributed by atoms with Crippen LogP contribution in [-0.2, 0) is 5.41 Å². The number of para-hydroxylation sites is 1. The number of benzene rings is 9. The summed E-state index contributed by atoms with van der Waals surface area (Å²) in [5.41, 5.74) is 16.2. The number of rotatable bonds is 6. The quantitative estimate of drug-likeness (QED) is 0.152. The zero-order valence-corrected chi connectivity index (χ0v) is 35.3. The van der Waals surface area contributed by atoms with E-state index in [2.05, 4.69) is 243 Å². The second-order valence-corrected chi connectivity index (χ2v) is 17.7. The summed E-state index contributed by atoms with van der Waals surface area (Å²) in [6, 6.07) is 70.2. The van der Waals surface area contributed by atoms with E-state index in [1.807, 2.05) is 0 Å². The van der Waals surface area contributed by atoms with Crippen molar-refractivity contribution >= 4 is 54.7 Å². The lowest BCUT2D eigenvalue weighted by molar-refractivity contribution is 0.609. The summed E-state index contributed by atoms with van der Waals surface area (Å²) < 4.78 is 2.52. The van der Waals surface area contributed by atoms with E-state index in [0.717, 1.165) is 0 Å². The summed E-state index contributed by atoms with van der Waals surface area (Å²) in [4.78, 5) is 2.53. The number of nitrogens with zero attached hydrogens (tertiary/aromatic N) is 2. The summed E-state index contributed by atoms with van der Waals surface area (Å²) in [5, 5.41) is 7.66. The van der Waals surface area contributed by atoms with Gasteiger partial charge in [0.1, 0.15) is 0 Å². The highest BCUT2D eigenvalue weighted by Crippen LogP contribution is 2.52. The summed E-state index contributed by atoms with van der Waals surface area (Å²) in [7, 11) is 0. The lowest BCUT2D eigenvalue weighted by Gasteiger charge is -2.36. The van der Waals surface area contributed by atoms with Gasteiger partial charge in [-0.1, -0.05) is 185 Å². The first kappa shape index (κ1) is 36.4. The predicted molar refractivity (Wildman–Crippen MR) is 264 cm³/mol. The van der Waals surface area contributed by atoms with E-state index >= 15 is 0 Å². The van der Waals surface area contributed by atoms with Crippen LogP contribution in [0.3, 0.4) is 0 Å². The molecule has 1 aromatic heterocycles. The highest BCUT2D eigenvalue weighted by atomic mass is 15.2. The second-order valence-electron chi connectivity index (χ2n) is 17.7. The minimum absolute atomic E-state index is 0.140. The summed E-state index contributed by atoms with van der Waals surface area (Å²) in [6.07, 6.45) is 9.06. The van der Waals surface area contributed by atoms with Crippen LogP contribution in [0.15, 0.2) is 212 Å². The Balaban J connectivity index is 0.976. The maximum Gasteiger partial charge on any atom is 0.0585 e. The van der Waals surface area contributed by atoms with Crippen LogP contribution in [0.2, 0.25) is 0 Å². The van der Waals surface area contributed by atoms with Gasteiger partial charge in [0.2, 0.25) is 0 Å². The Morgan fingerprint density at radius 1 is 0.468 bits per heavy atom. The van der Waals surface area contributed by atoms with Gasteiger partial charge in [-0.3, -0.25) is 0 Å². The molecule has 0 aliphatic heterocycles. The molecule has 0 amide bonds. The van der Waals surface area contributed by atoms with Crippen LogP contribution in [-0.4, -0.2) is 10.6 Å². The Hall–Kier alpha value is -7.42. The molecule has 0 fully saturated rings. The third-order valence-electron chi connectivity index (χ3n) is 13.8. The highest BCUT2D eigenvalue weighted by Gasteiger charge is 2.38. The molecule has 2 nitrogen and oxygen atoms in total. The maximum atomic E-state index is 2.53. The fraction of sp³-hybridized carbons (Fsp3) is 0.100. The van der Waals surface area contributed by atoms with Gasteiger partial charge >= 0.3 is 0 Å². The van der Waals surface area contributed by atoms with Crippen molar-refractivity contribution in [1.29, 1.82) is 0 Å². The van der Waals surface area contributed by atoms with Crippen molar-refractivity contribution in [1.82, 2.24) is 4.57 Å². The molecule has 2 heteroatoms. The van der Waals surface area contributed by atoms with Gasteiger partial charge in [0.25, 0.3) is 0 Å². The molecule has 2 atom stereocenters. The van der Waals surface area contributed by atoms with Crippen molar-refractivity contribution < 1.29 is 0 Å². The Morgan fingerprint density at radius 3 is 2.03 bits per heavy atom. The van der Waals surface area contributed by atoms with E-state index in [4.69, 9.17) is 0 Å². The topological polar surface area (TPSA) is 8.17 Å². The molecule has 9 aromatic carbocycles. The number of hydrogen-bond donors (Lipinski definition) is 0.